The predicted molar refractivity (Wildman–Crippen MR) is 256 cm³/mol. The van der Waals surface area contributed by atoms with E-state index in [0.717, 1.165) is 5.52 Å². The first-order valence-electron chi connectivity index (χ1n) is 24.3. The van der Waals surface area contributed by atoms with Crippen molar-refractivity contribution in [1.29, 1.82) is 0 Å². The monoisotopic (exact) mass is 997 g/mol. The lowest BCUT2D eigenvalue weighted by Gasteiger charge is -2.48. The second-order valence-corrected chi connectivity index (χ2v) is 21.0. The van der Waals surface area contributed by atoms with Crippen LogP contribution in [0, 0.1) is 23.7 Å². The van der Waals surface area contributed by atoms with E-state index in [1.807, 2.05) is 52.8 Å². The first-order chi connectivity index (χ1) is 33.2. The maximum Gasteiger partial charge on any atom is 0.410 e. The van der Waals surface area contributed by atoms with Crippen LogP contribution in [-0.2, 0) is 49.2 Å². The molecule has 20 heteroatoms. The Hall–Kier alpha value is -4.73. The van der Waals surface area contributed by atoms with Gasteiger partial charge < -0.3 is 62.5 Å². The molecular weight excluding hydrogens is 927 g/mol. The van der Waals surface area contributed by atoms with Gasteiger partial charge in [-0.25, -0.2) is 9.78 Å². The maximum atomic E-state index is 15.1. The van der Waals surface area contributed by atoms with Gasteiger partial charge in [0, 0.05) is 49.3 Å². The molecule has 1 aromatic carbocycles. The largest absolute Gasteiger partial charge is 0.481 e. The summed E-state index contributed by atoms with van der Waals surface area (Å²) in [5, 5.41) is 12.4. The van der Waals surface area contributed by atoms with Crippen LogP contribution in [0.25, 0.3) is 11.2 Å². The van der Waals surface area contributed by atoms with Gasteiger partial charge in [0.15, 0.2) is 34.2 Å². The second-order valence-electron chi connectivity index (χ2n) is 19.9. The third kappa shape index (κ3) is 11.0. The number of benzene rings is 1. The molecule has 1 amide bonds. The number of carbonyl (C=O) groups excluding carboxylic acids is 4. The molecule has 6 heterocycles. The van der Waals surface area contributed by atoms with Gasteiger partial charge in [0.2, 0.25) is 12.7 Å². The van der Waals surface area contributed by atoms with E-state index in [1.165, 1.54) is 18.9 Å². The number of thioether (sulfide) groups is 1. The Bertz CT molecular complexity index is 2350. The molecule has 3 saturated heterocycles. The van der Waals surface area contributed by atoms with Crippen LogP contribution >= 0.6 is 11.8 Å². The van der Waals surface area contributed by atoms with Gasteiger partial charge in [-0.05, 0) is 91.2 Å². The number of H-pyrrole nitrogens is 1. The summed E-state index contributed by atoms with van der Waals surface area (Å²) in [6.07, 6.45) is -5.30. The van der Waals surface area contributed by atoms with Crippen LogP contribution in [0.4, 0.5) is 4.79 Å². The highest BCUT2D eigenvalue weighted by molar-refractivity contribution is 7.99. The molecule has 0 unspecified atom stereocenters. The van der Waals surface area contributed by atoms with Crippen molar-refractivity contribution in [2.45, 2.75) is 153 Å². The predicted octanol–water partition coefficient (Wildman–Crippen LogP) is 5.97. The molecule has 4 aliphatic rings. The van der Waals surface area contributed by atoms with E-state index in [2.05, 4.69) is 15.0 Å². The van der Waals surface area contributed by atoms with Gasteiger partial charge in [0.25, 0.3) is 0 Å². The number of likely N-dealkylation sites (N-methyl/N-ethyl adjacent to an activating group) is 1. The number of imidazole rings is 1. The summed E-state index contributed by atoms with van der Waals surface area (Å²) < 4.78 is 55.0. The van der Waals surface area contributed by atoms with Crippen molar-refractivity contribution >= 4 is 46.7 Å². The molecule has 0 saturated carbocycles. The molecule has 19 nitrogen and oxygen atoms in total. The molecular formula is C50H71N5O14S. The minimum Gasteiger partial charge on any atom is -0.481 e. The smallest absolute Gasteiger partial charge is 0.410 e. The molecule has 0 aliphatic carbocycles. The molecule has 2 aromatic heterocycles. The molecule has 0 spiro atoms. The van der Waals surface area contributed by atoms with Gasteiger partial charge in [-0.1, -0.05) is 45.5 Å². The summed E-state index contributed by atoms with van der Waals surface area (Å²) in [4.78, 5) is 74.0. The Labute approximate surface area is 414 Å². The SMILES string of the molecule is CC[C@H]1OC(=O)[C@H](C)[C@@H](OC(=O)Cc2ccc3c(c2)OCO3)[C@H](C)[C@@H](O[C@@H]2O[C@H](C)C[C@H](N(C)C)[C@H]2O)[C@@](C)(OC)C[C@@H](C)C(=O)[C@H](C)[C@H]2N(CCCSc3nc4nc(OC)ccc4[nH]3)C(=O)O[C@]12C. The third-order valence-corrected chi connectivity index (χ3v) is 15.6. The Balaban J connectivity index is 1.22. The van der Waals surface area contributed by atoms with Crippen molar-refractivity contribution in [2.75, 3.05) is 47.4 Å². The van der Waals surface area contributed by atoms with Gasteiger partial charge in [-0.3, -0.25) is 14.4 Å². The minimum absolute atomic E-state index is 0.0627. The number of amides is 1. The number of aliphatic hydroxyl groups is 1. The maximum absolute atomic E-state index is 15.1. The first-order valence-corrected chi connectivity index (χ1v) is 25.3. The molecule has 14 atom stereocenters. The van der Waals surface area contributed by atoms with Crippen molar-refractivity contribution in [3.05, 3.63) is 35.9 Å². The number of ether oxygens (including phenoxy) is 9. The van der Waals surface area contributed by atoms with E-state index in [0.29, 0.717) is 52.3 Å². The van der Waals surface area contributed by atoms with Crippen LogP contribution in [0.3, 0.4) is 0 Å². The zero-order valence-electron chi connectivity index (χ0n) is 42.4. The summed E-state index contributed by atoms with van der Waals surface area (Å²) in [6, 6.07) is 7.58. The molecule has 386 valence electrons. The number of nitrogens with zero attached hydrogens (tertiary/aromatic N) is 4. The number of pyridine rings is 1. The van der Waals surface area contributed by atoms with Crippen molar-refractivity contribution < 1.29 is 66.9 Å². The number of cyclic esters (lactones) is 1. The van der Waals surface area contributed by atoms with Crippen LogP contribution in [0.1, 0.15) is 86.6 Å². The van der Waals surface area contributed by atoms with Crippen molar-refractivity contribution in [3.63, 3.8) is 0 Å². The number of hydrogen-bond acceptors (Lipinski definition) is 18. The molecule has 7 rings (SSSR count). The second kappa shape index (κ2) is 21.9. The topological polar surface area (TPSA) is 220 Å². The Morgan fingerprint density at radius 2 is 1.76 bits per heavy atom. The number of rotatable bonds is 14. The summed E-state index contributed by atoms with van der Waals surface area (Å²) in [5.41, 5.74) is -0.926. The highest BCUT2D eigenvalue weighted by Gasteiger charge is 2.60. The first kappa shape index (κ1) is 53.1. The minimum atomic E-state index is -1.47. The van der Waals surface area contributed by atoms with Gasteiger partial charge in [-0.2, -0.15) is 4.98 Å². The van der Waals surface area contributed by atoms with Gasteiger partial charge in [-0.15, -0.1) is 0 Å². The fraction of sp³-hybridized carbons (Fsp3) is 0.680. The van der Waals surface area contributed by atoms with E-state index in [1.54, 1.807) is 64.0 Å². The van der Waals surface area contributed by atoms with Crippen LogP contribution in [0.2, 0.25) is 0 Å². The molecule has 0 bridgehead atoms. The zero-order chi connectivity index (χ0) is 50.8. The number of methoxy groups -OCH3 is 2. The van der Waals surface area contributed by atoms with E-state index in [9.17, 15) is 19.5 Å². The molecule has 70 heavy (non-hydrogen) atoms. The average Bonchev–Trinajstić information content (AvgIpc) is 4.04. The molecule has 4 aliphatic heterocycles. The van der Waals surface area contributed by atoms with Crippen molar-refractivity contribution in [1.82, 2.24) is 24.8 Å². The highest BCUT2D eigenvalue weighted by atomic mass is 32.2. The van der Waals surface area contributed by atoms with Gasteiger partial charge in [0.05, 0.1) is 48.8 Å². The fourth-order valence-electron chi connectivity index (χ4n) is 10.9. The lowest BCUT2D eigenvalue weighted by Crippen LogP contribution is -2.61. The normalized spacial score (nSPS) is 34.0. The number of aliphatic hydroxyl groups excluding tert-OH is 1. The average molecular weight is 998 g/mol. The number of aromatic amines is 1. The number of esters is 2. The number of hydrogen-bond donors (Lipinski definition) is 2. The van der Waals surface area contributed by atoms with Crippen LogP contribution in [-0.4, -0.2) is 161 Å². The van der Waals surface area contributed by atoms with E-state index in [4.69, 9.17) is 42.6 Å². The van der Waals surface area contributed by atoms with E-state index >= 15 is 4.79 Å². The number of nitrogens with one attached hydrogen (secondary N) is 1. The molecule has 3 fully saturated rings. The van der Waals surface area contributed by atoms with Crippen LogP contribution in [0.5, 0.6) is 17.4 Å². The number of aromatic nitrogens is 3. The number of fused-ring (bicyclic) bond motifs is 3. The van der Waals surface area contributed by atoms with Crippen LogP contribution < -0.4 is 14.2 Å². The van der Waals surface area contributed by atoms with Gasteiger partial charge >= 0.3 is 18.0 Å². The molecule has 2 N–H and O–H groups in total. The number of Topliss-reactive ketones (excluding diaryl/α,β-unsaturated/α-hetero) is 1. The molecule has 0 radical (unpaired) electrons. The summed E-state index contributed by atoms with van der Waals surface area (Å²) in [6.45, 7) is 14.6. The zero-order valence-corrected chi connectivity index (χ0v) is 43.2. The lowest BCUT2D eigenvalue weighted by molar-refractivity contribution is -0.301. The Morgan fingerprint density at radius 1 is 1.01 bits per heavy atom. The number of carbonyl (C=O) groups is 4. The van der Waals surface area contributed by atoms with E-state index < -0.39 is 89.7 Å². The molecule has 3 aromatic rings. The van der Waals surface area contributed by atoms with E-state index in [-0.39, 0.29) is 50.5 Å². The Kier molecular flexibility index (Phi) is 16.6. The third-order valence-electron chi connectivity index (χ3n) is 14.7. The number of ketones is 1. The fourth-order valence-corrected chi connectivity index (χ4v) is 11.7. The standard InChI is InChI=1S/C50H71N5O14S/c1-13-36-50(8)42(55(48(60)69-50)19-14-20-70-47-51-32-16-18-37(61-11)52-44(32)53-47)28(4)39(57)26(2)24-49(7,62-12)43(68-46-40(58)33(54(9)10)21-27(3)65-46)29(5)41(30(6)45(59)66-36)67-38(56)23-31-15-17-34-35(22-31)64-25-63-34/h15-18,22,26-30,33,36,40-43,46,58H,13-14,19-21,23-25H2,1-12H3,(H,51,52,53)/t26-,27-,28+,29+,30-,33+,36-,40-,41+,42-,43-,46+,49+,50-/m1/s1. The summed E-state index contributed by atoms with van der Waals surface area (Å²) in [5.74, 6) is -2.95. The highest BCUT2D eigenvalue weighted by Crippen LogP contribution is 2.44. The van der Waals surface area contributed by atoms with Crippen molar-refractivity contribution in [3.8, 4) is 17.4 Å². The lowest BCUT2D eigenvalue weighted by atomic mass is 9.73. The quantitative estimate of drug-likeness (QED) is 0.0823. The van der Waals surface area contributed by atoms with Crippen LogP contribution in [0.15, 0.2) is 35.5 Å². The van der Waals surface area contributed by atoms with Gasteiger partial charge in [0.1, 0.15) is 24.1 Å². The summed E-state index contributed by atoms with van der Waals surface area (Å²) in [7, 11) is 6.81. The summed E-state index contributed by atoms with van der Waals surface area (Å²) >= 11 is 1.47. The Morgan fingerprint density at radius 3 is 2.46 bits per heavy atom. The van der Waals surface area contributed by atoms with Crippen molar-refractivity contribution in [2.24, 2.45) is 23.7 Å².